The monoisotopic (exact) mass is 300 g/mol. The lowest BCUT2D eigenvalue weighted by Gasteiger charge is -2.32. The van der Waals surface area contributed by atoms with Crippen LogP contribution in [0.2, 0.25) is 0 Å². The molecular formula is C16H16N2O2S. The lowest BCUT2D eigenvalue weighted by atomic mass is 9.93. The molecule has 1 fully saturated rings. The number of hydrogen-bond donors (Lipinski definition) is 0. The zero-order valence-corrected chi connectivity index (χ0v) is 12.4. The minimum Gasteiger partial charge on any atom is -0.593 e. The largest absolute Gasteiger partial charge is 0.593 e. The van der Waals surface area contributed by atoms with E-state index in [-0.39, 0.29) is 0 Å². The van der Waals surface area contributed by atoms with Crippen molar-refractivity contribution in [3.05, 3.63) is 48.3 Å². The van der Waals surface area contributed by atoms with Gasteiger partial charge in [-0.25, -0.2) is 0 Å². The van der Waals surface area contributed by atoms with Gasteiger partial charge in [0.05, 0.1) is 30.1 Å². The van der Waals surface area contributed by atoms with E-state index in [0.29, 0.717) is 11.8 Å². The van der Waals surface area contributed by atoms with Crippen molar-refractivity contribution in [3.63, 3.8) is 0 Å². The smallest absolute Gasteiger partial charge is 0.179 e. The molecule has 1 atom stereocenters. The third-order valence-electron chi connectivity index (χ3n) is 4.11. The van der Waals surface area contributed by atoms with Crippen LogP contribution in [0.25, 0.3) is 0 Å². The van der Waals surface area contributed by atoms with Gasteiger partial charge in [0.15, 0.2) is 4.90 Å². The molecule has 2 aliphatic rings. The lowest BCUT2D eigenvalue weighted by molar-refractivity contribution is 0.221. The fourth-order valence-corrected chi connectivity index (χ4v) is 4.27. The van der Waals surface area contributed by atoms with Crippen LogP contribution in [0.3, 0.4) is 0 Å². The van der Waals surface area contributed by atoms with Gasteiger partial charge in [-0.3, -0.25) is 4.98 Å². The molecule has 1 aromatic carbocycles. The molecule has 1 aliphatic heterocycles. The van der Waals surface area contributed by atoms with Gasteiger partial charge in [-0.15, -0.1) is 4.31 Å². The van der Waals surface area contributed by atoms with Gasteiger partial charge >= 0.3 is 0 Å². The molecule has 21 heavy (non-hydrogen) atoms. The Morgan fingerprint density at radius 1 is 1.24 bits per heavy atom. The summed E-state index contributed by atoms with van der Waals surface area (Å²) < 4.78 is 20.4. The van der Waals surface area contributed by atoms with Gasteiger partial charge in [0, 0.05) is 11.8 Å². The highest BCUT2D eigenvalue weighted by Crippen LogP contribution is 2.39. The zero-order valence-electron chi connectivity index (χ0n) is 11.6. The number of aromatic nitrogens is 1. The highest BCUT2D eigenvalue weighted by molar-refractivity contribution is 7.89. The van der Waals surface area contributed by atoms with Crippen LogP contribution in [0.15, 0.2) is 47.6 Å². The van der Waals surface area contributed by atoms with Crippen LogP contribution < -0.4 is 4.74 Å². The summed E-state index contributed by atoms with van der Waals surface area (Å²) in [7, 11) is 0. The lowest BCUT2D eigenvalue weighted by Crippen LogP contribution is -2.40. The van der Waals surface area contributed by atoms with Crippen molar-refractivity contribution in [1.29, 1.82) is 0 Å². The maximum absolute atomic E-state index is 12.5. The second kappa shape index (κ2) is 5.33. The topological polar surface area (TPSA) is 48.4 Å². The summed E-state index contributed by atoms with van der Waals surface area (Å²) in [6, 6.07) is 10.0. The van der Waals surface area contributed by atoms with Crippen molar-refractivity contribution in [2.24, 2.45) is 0 Å². The molecule has 1 aromatic heterocycles. The Kier molecular flexibility index (Phi) is 3.33. The first kappa shape index (κ1) is 13.1. The summed E-state index contributed by atoms with van der Waals surface area (Å²) in [6.45, 7) is 0.761. The van der Waals surface area contributed by atoms with Crippen LogP contribution in [-0.4, -0.2) is 19.9 Å². The Morgan fingerprint density at radius 3 is 2.86 bits per heavy atom. The van der Waals surface area contributed by atoms with Crippen LogP contribution in [0, 0.1) is 0 Å². The van der Waals surface area contributed by atoms with Crippen molar-refractivity contribution in [3.8, 4) is 11.5 Å². The van der Waals surface area contributed by atoms with Crippen LogP contribution in [-0.2, 0) is 17.9 Å². The third kappa shape index (κ3) is 2.41. The summed E-state index contributed by atoms with van der Waals surface area (Å²) in [4.78, 5) is 4.97. The van der Waals surface area contributed by atoms with Crippen LogP contribution in [0.1, 0.15) is 24.8 Å². The molecule has 0 N–H and O–H groups in total. The molecule has 0 amide bonds. The average molecular weight is 300 g/mol. The normalized spacial score (nSPS) is 21.9. The van der Waals surface area contributed by atoms with E-state index in [1.807, 2.05) is 30.3 Å². The minimum absolute atomic E-state index is 0.487. The van der Waals surface area contributed by atoms with Crippen molar-refractivity contribution in [2.45, 2.75) is 36.7 Å². The van der Waals surface area contributed by atoms with Crippen LogP contribution in [0.5, 0.6) is 11.5 Å². The van der Waals surface area contributed by atoms with E-state index >= 15 is 0 Å². The minimum atomic E-state index is -1.00. The fourth-order valence-electron chi connectivity index (χ4n) is 2.75. The van der Waals surface area contributed by atoms with E-state index in [1.54, 1.807) is 12.4 Å². The summed E-state index contributed by atoms with van der Waals surface area (Å²) in [6.07, 6.45) is 6.99. The molecule has 0 spiro atoms. The van der Waals surface area contributed by atoms with Crippen LogP contribution in [0.4, 0.5) is 0 Å². The zero-order chi connectivity index (χ0) is 14.2. The third-order valence-corrected chi connectivity index (χ3v) is 5.74. The predicted molar refractivity (Wildman–Crippen MR) is 80.3 cm³/mol. The standard InChI is InChI=1S/C16H16N2O2S/c19-21-16-7-6-14(20-15-5-2-8-17-10-15)9-12(16)11-18(21)13-3-1-4-13/h2,5-10,13H,1,3-4,11H2. The van der Waals surface area contributed by atoms with Crippen molar-refractivity contribution in [2.75, 3.05) is 0 Å². The van der Waals surface area contributed by atoms with Gasteiger partial charge < -0.3 is 9.29 Å². The maximum Gasteiger partial charge on any atom is 0.179 e. The Balaban J connectivity index is 1.56. The van der Waals surface area contributed by atoms with Gasteiger partial charge in [-0.1, -0.05) is 0 Å². The van der Waals surface area contributed by atoms with Crippen molar-refractivity contribution < 1.29 is 9.29 Å². The first-order valence-electron chi connectivity index (χ1n) is 7.20. The summed E-state index contributed by atoms with van der Waals surface area (Å²) in [5.74, 6) is 1.49. The van der Waals surface area contributed by atoms with Gasteiger partial charge in [-0.05, 0) is 49.6 Å². The Bertz CT molecular complexity index is 646. The number of ether oxygens (including phenoxy) is 1. The molecule has 4 nitrogen and oxygen atoms in total. The highest BCUT2D eigenvalue weighted by Gasteiger charge is 2.41. The Labute approximate surface area is 127 Å². The first-order chi connectivity index (χ1) is 10.3. The molecule has 2 heterocycles. The van der Waals surface area contributed by atoms with E-state index in [4.69, 9.17) is 4.74 Å². The molecule has 1 unspecified atom stereocenters. The van der Waals surface area contributed by atoms with Crippen molar-refractivity contribution >= 4 is 11.4 Å². The fraction of sp³-hybridized carbons (Fsp3) is 0.312. The quantitative estimate of drug-likeness (QED) is 0.816. The van der Waals surface area contributed by atoms with E-state index in [1.165, 1.54) is 19.3 Å². The van der Waals surface area contributed by atoms with E-state index in [2.05, 4.69) is 9.29 Å². The van der Waals surface area contributed by atoms with E-state index in [0.717, 1.165) is 22.8 Å². The van der Waals surface area contributed by atoms with Crippen molar-refractivity contribution in [1.82, 2.24) is 9.29 Å². The number of benzene rings is 1. The van der Waals surface area contributed by atoms with Gasteiger partial charge in [0.1, 0.15) is 11.5 Å². The first-order valence-corrected chi connectivity index (χ1v) is 8.31. The number of rotatable bonds is 3. The van der Waals surface area contributed by atoms with Gasteiger partial charge in [0.25, 0.3) is 0 Å². The van der Waals surface area contributed by atoms with Crippen LogP contribution >= 0.6 is 0 Å². The molecule has 4 rings (SSSR count). The average Bonchev–Trinajstić information content (AvgIpc) is 2.75. The van der Waals surface area contributed by atoms with E-state index in [9.17, 15) is 4.55 Å². The Hall–Kier alpha value is -1.56. The molecule has 108 valence electrons. The predicted octanol–water partition coefficient (Wildman–Crippen LogP) is 3.26. The number of hydrogen-bond acceptors (Lipinski definition) is 4. The molecule has 1 saturated carbocycles. The van der Waals surface area contributed by atoms with Gasteiger partial charge in [0.2, 0.25) is 0 Å². The molecular weight excluding hydrogens is 284 g/mol. The molecule has 0 saturated heterocycles. The second-order valence-electron chi connectivity index (χ2n) is 5.47. The molecule has 2 aromatic rings. The molecule has 0 bridgehead atoms. The molecule has 0 radical (unpaired) electrons. The summed E-state index contributed by atoms with van der Waals surface area (Å²) in [5.41, 5.74) is 1.11. The number of fused-ring (bicyclic) bond motifs is 1. The molecule has 5 heteroatoms. The SMILES string of the molecule is [O-][S+]1c2ccc(Oc3cccnc3)cc2CN1C1CCC1. The maximum atomic E-state index is 12.5. The summed E-state index contributed by atoms with van der Waals surface area (Å²) in [5, 5.41) is 0. The number of nitrogens with zero attached hydrogens (tertiary/aromatic N) is 2. The molecule has 1 aliphatic carbocycles. The number of pyridine rings is 1. The van der Waals surface area contributed by atoms with E-state index < -0.39 is 11.4 Å². The second-order valence-corrected chi connectivity index (χ2v) is 6.88. The highest BCUT2D eigenvalue weighted by atomic mass is 32.2. The van der Waals surface area contributed by atoms with Gasteiger partial charge in [-0.2, -0.15) is 0 Å². The Morgan fingerprint density at radius 2 is 2.14 bits per heavy atom. The summed E-state index contributed by atoms with van der Waals surface area (Å²) >= 11 is -1.00.